The molecule has 0 bridgehead atoms. The molecule has 9 heteroatoms. The Morgan fingerprint density at radius 1 is 0.971 bits per heavy atom. The van der Waals surface area contributed by atoms with Crippen LogP contribution in [0.1, 0.15) is 29.8 Å². The van der Waals surface area contributed by atoms with Crippen LogP contribution in [0.2, 0.25) is 0 Å². The lowest BCUT2D eigenvalue weighted by Crippen LogP contribution is -2.30. The van der Waals surface area contributed by atoms with Gasteiger partial charge in [-0.1, -0.05) is 6.07 Å². The predicted octanol–water partition coefficient (Wildman–Crippen LogP) is 4.70. The number of carbonyl (C=O) groups excluding carboxylic acids is 1. The molecule has 3 aromatic rings. The fourth-order valence-corrected chi connectivity index (χ4v) is 4.38. The first-order valence-corrected chi connectivity index (χ1v) is 12.2. The lowest BCUT2D eigenvalue weighted by molar-refractivity contribution is 0.0752. The van der Waals surface area contributed by atoms with E-state index in [4.69, 9.17) is 9.47 Å². The molecule has 0 aliphatic rings. The number of amides is 1. The molecule has 1 amide bonds. The van der Waals surface area contributed by atoms with Crippen molar-refractivity contribution in [2.24, 2.45) is 0 Å². The lowest BCUT2D eigenvalue weighted by Gasteiger charge is -2.22. The monoisotopic (exact) mass is 486 g/mol. The molecular formula is C25H27FN2O5S. The number of ether oxygens (including phenoxy) is 2. The number of nitrogens with one attached hydrogen (secondary N) is 1. The Morgan fingerprint density at radius 3 is 2.24 bits per heavy atom. The first-order valence-electron chi connectivity index (χ1n) is 10.7. The molecule has 7 nitrogen and oxygen atoms in total. The summed E-state index contributed by atoms with van der Waals surface area (Å²) in [4.78, 5) is 14.7. The molecule has 0 heterocycles. The van der Waals surface area contributed by atoms with Crippen LogP contribution in [0.5, 0.6) is 11.5 Å². The van der Waals surface area contributed by atoms with Gasteiger partial charge in [-0.3, -0.25) is 9.52 Å². The molecule has 3 rings (SSSR count). The van der Waals surface area contributed by atoms with Gasteiger partial charge < -0.3 is 14.4 Å². The Morgan fingerprint density at radius 2 is 1.65 bits per heavy atom. The zero-order valence-electron chi connectivity index (χ0n) is 19.2. The quantitative estimate of drug-likeness (QED) is 0.449. The maximum atomic E-state index is 13.1. The van der Waals surface area contributed by atoms with Crippen LogP contribution < -0.4 is 14.2 Å². The Labute approximate surface area is 199 Å². The van der Waals surface area contributed by atoms with E-state index in [0.717, 1.165) is 5.56 Å². The molecule has 0 atom stereocenters. The zero-order chi connectivity index (χ0) is 24.7. The minimum atomic E-state index is -3.88. The fourth-order valence-electron chi connectivity index (χ4n) is 3.32. The van der Waals surface area contributed by atoms with Crippen LogP contribution in [0.3, 0.4) is 0 Å². The molecule has 0 radical (unpaired) electrons. The first kappa shape index (κ1) is 25.0. The van der Waals surface area contributed by atoms with Gasteiger partial charge in [0.2, 0.25) is 0 Å². The molecule has 180 valence electrons. The van der Waals surface area contributed by atoms with E-state index in [9.17, 15) is 17.6 Å². The second-order valence-corrected chi connectivity index (χ2v) is 9.06. The SMILES string of the molecule is CCOc1ccc(CN(CC)C(=O)c2ccc(S(=O)(=O)Nc3ccc(F)cc3)cc2)cc1OC. The van der Waals surface area contributed by atoms with Gasteiger partial charge in [0.15, 0.2) is 11.5 Å². The summed E-state index contributed by atoms with van der Waals surface area (Å²) in [5.74, 6) is 0.529. The molecule has 0 saturated carbocycles. The third-order valence-electron chi connectivity index (χ3n) is 5.08. The Kier molecular flexibility index (Phi) is 8.12. The highest BCUT2D eigenvalue weighted by Gasteiger charge is 2.19. The van der Waals surface area contributed by atoms with Gasteiger partial charge in [-0.15, -0.1) is 0 Å². The van der Waals surface area contributed by atoms with Gasteiger partial charge >= 0.3 is 0 Å². The molecule has 34 heavy (non-hydrogen) atoms. The Hall–Kier alpha value is -3.59. The maximum absolute atomic E-state index is 13.1. The van der Waals surface area contributed by atoms with Crippen molar-refractivity contribution in [3.63, 3.8) is 0 Å². The van der Waals surface area contributed by atoms with E-state index < -0.39 is 15.8 Å². The molecule has 0 spiro atoms. The van der Waals surface area contributed by atoms with Crippen molar-refractivity contribution in [1.82, 2.24) is 4.90 Å². The molecular weight excluding hydrogens is 459 g/mol. The minimum Gasteiger partial charge on any atom is -0.493 e. The number of benzene rings is 3. The number of nitrogens with zero attached hydrogens (tertiary/aromatic N) is 1. The normalized spacial score (nSPS) is 11.1. The summed E-state index contributed by atoms with van der Waals surface area (Å²) in [6, 6.07) is 16.2. The van der Waals surface area contributed by atoms with Gasteiger partial charge in [0.05, 0.1) is 18.6 Å². The smallest absolute Gasteiger partial charge is 0.261 e. The largest absolute Gasteiger partial charge is 0.493 e. The van der Waals surface area contributed by atoms with Crippen LogP contribution in [-0.4, -0.2) is 39.5 Å². The van der Waals surface area contributed by atoms with Gasteiger partial charge in [-0.2, -0.15) is 0 Å². The van der Waals surface area contributed by atoms with Crippen molar-refractivity contribution in [2.45, 2.75) is 25.3 Å². The molecule has 0 fully saturated rings. The zero-order valence-corrected chi connectivity index (χ0v) is 20.1. The number of carbonyl (C=O) groups is 1. The summed E-state index contributed by atoms with van der Waals surface area (Å²) in [5, 5.41) is 0. The second-order valence-electron chi connectivity index (χ2n) is 7.37. The minimum absolute atomic E-state index is 0.00678. The molecule has 0 aliphatic heterocycles. The molecule has 0 unspecified atom stereocenters. The molecule has 0 saturated heterocycles. The van der Waals surface area contributed by atoms with E-state index in [1.54, 1.807) is 12.0 Å². The average Bonchev–Trinajstić information content (AvgIpc) is 2.84. The van der Waals surface area contributed by atoms with Crippen LogP contribution in [0.15, 0.2) is 71.6 Å². The van der Waals surface area contributed by atoms with Gasteiger partial charge in [0.25, 0.3) is 15.9 Å². The van der Waals surface area contributed by atoms with E-state index in [-0.39, 0.29) is 16.5 Å². The summed E-state index contributed by atoms with van der Waals surface area (Å²) < 4.78 is 51.6. The molecule has 0 aliphatic carbocycles. The highest BCUT2D eigenvalue weighted by atomic mass is 32.2. The van der Waals surface area contributed by atoms with Gasteiger partial charge in [-0.05, 0) is 80.1 Å². The van der Waals surface area contributed by atoms with E-state index in [0.29, 0.717) is 36.8 Å². The number of rotatable bonds is 10. The number of anilines is 1. The highest BCUT2D eigenvalue weighted by molar-refractivity contribution is 7.92. The summed E-state index contributed by atoms with van der Waals surface area (Å²) in [5.41, 5.74) is 1.48. The number of hydrogen-bond donors (Lipinski definition) is 1. The average molecular weight is 487 g/mol. The van der Waals surface area contributed by atoms with Crippen molar-refractivity contribution in [3.05, 3.63) is 83.7 Å². The molecule has 1 N–H and O–H groups in total. The summed E-state index contributed by atoms with van der Waals surface area (Å²) in [6.45, 7) is 5.08. The van der Waals surface area contributed by atoms with Crippen LogP contribution in [0.4, 0.5) is 10.1 Å². The third kappa shape index (κ3) is 6.05. The Balaban J connectivity index is 1.74. The van der Waals surface area contributed by atoms with Crippen LogP contribution in [0, 0.1) is 5.82 Å². The van der Waals surface area contributed by atoms with E-state index in [1.165, 1.54) is 48.5 Å². The standard InChI is InChI=1S/C25H27FN2O5S/c1-4-28(17-18-6-15-23(33-5-2)24(16-18)32-3)25(29)19-7-13-22(14-8-19)34(30,31)27-21-11-9-20(26)10-12-21/h6-16,27H,4-5,17H2,1-3H3. The summed E-state index contributed by atoms with van der Waals surface area (Å²) in [7, 11) is -2.32. The molecule has 3 aromatic carbocycles. The van der Waals surface area contributed by atoms with E-state index >= 15 is 0 Å². The number of halogens is 1. The Bertz CT molecular complexity index is 1230. The highest BCUT2D eigenvalue weighted by Crippen LogP contribution is 2.29. The van der Waals surface area contributed by atoms with Crippen molar-refractivity contribution >= 4 is 21.6 Å². The van der Waals surface area contributed by atoms with E-state index in [2.05, 4.69) is 4.72 Å². The van der Waals surface area contributed by atoms with Gasteiger partial charge in [0, 0.05) is 24.3 Å². The predicted molar refractivity (Wildman–Crippen MR) is 128 cm³/mol. The van der Waals surface area contributed by atoms with Crippen LogP contribution in [-0.2, 0) is 16.6 Å². The maximum Gasteiger partial charge on any atom is 0.261 e. The third-order valence-corrected chi connectivity index (χ3v) is 6.48. The number of hydrogen-bond acceptors (Lipinski definition) is 5. The van der Waals surface area contributed by atoms with Crippen molar-refractivity contribution in [1.29, 1.82) is 0 Å². The first-order chi connectivity index (χ1) is 16.3. The summed E-state index contributed by atoms with van der Waals surface area (Å²) in [6.07, 6.45) is 0. The second kappa shape index (κ2) is 11.0. The van der Waals surface area contributed by atoms with E-state index in [1.807, 2.05) is 32.0 Å². The number of methoxy groups -OCH3 is 1. The van der Waals surface area contributed by atoms with Crippen molar-refractivity contribution < 1.29 is 27.1 Å². The van der Waals surface area contributed by atoms with Crippen LogP contribution in [0.25, 0.3) is 0 Å². The van der Waals surface area contributed by atoms with Gasteiger partial charge in [-0.25, -0.2) is 12.8 Å². The van der Waals surface area contributed by atoms with Crippen molar-refractivity contribution in [3.8, 4) is 11.5 Å². The van der Waals surface area contributed by atoms with Gasteiger partial charge in [0.1, 0.15) is 5.82 Å². The van der Waals surface area contributed by atoms with Crippen molar-refractivity contribution in [2.75, 3.05) is 25.0 Å². The summed E-state index contributed by atoms with van der Waals surface area (Å²) >= 11 is 0. The fraction of sp³-hybridized carbons (Fsp3) is 0.240. The number of sulfonamides is 1. The topological polar surface area (TPSA) is 84.9 Å². The molecule has 0 aromatic heterocycles. The van der Waals surface area contributed by atoms with Crippen LogP contribution >= 0.6 is 0 Å². The lowest BCUT2D eigenvalue weighted by atomic mass is 10.1.